The molecule has 1 aromatic rings. The van der Waals surface area contributed by atoms with Crippen molar-refractivity contribution in [2.24, 2.45) is 16.8 Å². The summed E-state index contributed by atoms with van der Waals surface area (Å²) in [5, 5.41) is 6.65. The molecule has 0 aliphatic carbocycles. The van der Waals surface area contributed by atoms with E-state index in [0.29, 0.717) is 23.8 Å². The molecule has 2 fully saturated rings. The molecule has 7 nitrogen and oxygen atoms in total. The molecule has 7 heteroatoms. The van der Waals surface area contributed by atoms with Gasteiger partial charge in [-0.15, -0.1) is 0 Å². The molecule has 0 saturated carbocycles. The fourth-order valence-electron chi connectivity index (χ4n) is 4.72. The monoisotopic (exact) mass is 443 g/mol. The zero-order chi connectivity index (χ0) is 22.8. The van der Waals surface area contributed by atoms with Crippen molar-refractivity contribution in [3.63, 3.8) is 0 Å². The topological polar surface area (TPSA) is 69.2 Å². The van der Waals surface area contributed by atoms with Gasteiger partial charge in [-0.25, -0.2) is 0 Å². The highest BCUT2D eigenvalue weighted by molar-refractivity contribution is 5.86. The number of hydrogen-bond donors (Lipinski definition) is 2. The summed E-state index contributed by atoms with van der Waals surface area (Å²) in [6.07, 6.45) is 3.25. The van der Waals surface area contributed by atoms with Crippen molar-refractivity contribution in [2.75, 3.05) is 59.5 Å². The van der Waals surface area contributed by atoms with E-state index < -0.39 is 0 Å². The highest BCUT2D eigenvalue weighted by atomic mass is 16.5. The second kappa shape index (κ2) is 12.8. The maximum absolute atomic E-state index is 12.7. The normalized spacial score (nSPS) is 19.8. The van der Waals surface area contributed by atoms with E-state index in [0.717, 1.165) is 65.2 Å². The van der Waals surface area contributed by atoms with Crippen LogP contribution in [0.25, 0.3) is 0 Å². The quantitative estimate of drug-likeness (QED) is 0.475. The zero-order valence-electron chi connectivity index (χ0n) is 20.1. The van der Waals surface area contributed by atoms with Gasteiger partial charge in [0.1, 0.15) is 0 Å². The van der Waals surface area contributed by atoms with E-state index in [1.807, 2.05) is 4.90 Å². The number of carbonyl (C=O) groups excluding carboxylic acids is 1. The summed E-state index contributed by atoms with van der Waals surface area (Å²) < 4.78 is 5.49. The molecule has 2 heterocycles. The molecule has 2 aliphatic heterocycles. The molecule has 0 spiro atoms. The second-order valence-corrected chi connectivity index (χ2v) is 9.28. The van der Waals surface area contributed by atoms with Gasteiger partial charge in [0.05, 0.1) is 19.8 Å². The van der Waals surface area contributed by atoms with E-state index in [1.165, 1.54) is 5.56 Å². The third-order valence-electron chi connectivity index (χ3n) is 6.73. The van der Waals surface area contributed by atoms with Crippen LogP contribution in [0.15, 0.2) is 35.3 Å². The Labute approximate surface area is 193 Å². The molecule has 2 saturated heterocycles. The van der Waals surface area contributed by atoms with Crippen molar-refractivity contribution in [3.8, 4) is 0 Å². The SMILES string of the molecule is CN=C(NCC(=O)N1CCC(Cc2ccccc2)CC1)NCC(C(C)C)N1CCOCC1. The van der Waals surface area contributed by atoms with Gasteiger partial charge in [-0.2, -0.15) is 0 Å². The lowest BCUT2D eigenvalue weighted by Gasteiger charge is -2.37. The Morgan fingerprint density at radius 3 is 2.41 bits per heavy atom. The van der Waals surface area contributed by atoms with E-state index in [-0.39, 0.29) is 12.5 Å². The first-order chi connectivity index (χ1) is 15.6. The molecular formula is C25H41N5O2. The summed E-state index contributed by atoms with van der Waals surface area (Å²) in [5.41, 5.74) is 1.39. The van der Waals surface area contributed by atoms with Crippen molar-refractivity contribution in [1.29, 1.82) is 0 Å². The van der Waals surface area contributed by atoms with Crippen molar-refractivity contribution in [3.05, 3.63) is 35.9 Å². The smallest absolute Gasteiger partial charge is 0.241 e. The number of amides is 1. The number of ether oxygens (including phenoxy) is 1. The number of piperidine rings is 1. The third kappa shape index (κ3) is 7.48. The standard InChI is InChI=1S/C25H41N5O2/c1-20(2)23(29-13-15-32-16-14-29)18-27-25(26-3)28-19-24(31)30-11-9-22(10-12-30)17-21-7-5-4-6-8-21/h4-8,20,22-23H,9-19H2,1-3H3,(H2,26,27,28). The number of nitrogens with zero attached hydrogens (tertiary/aromatic N) is 3. The number of nitrogens with one attached hydrogen (secondary N) is 2. The first kappa shape index (κ1) is 24.5. The molecule has 0 bridgehead atoms. The fourth-order valence-corrected chi connectivity index (χ4v) is 4.72. The molecule has 2 aliphatic rings. The first-order valence-electron chi connectivity index (χ1n) is 12.1. The molecule has 0 radical (unpaired) electrons. The van der Waals surface area contributed by atoms with Crippen molar-refractivity contribution < 1.29 is 9.53 Å². The summed E-state index contributed by atoms with van der Waals surface area (Å²) >= 11 is 0. The van der Waals surface area contributed by atoms with Crippen molar-refractivity contribution in [1.82, 2.24) is 20.4 Å². The van der Waals surface area contributed by atoms with Crippen molar-refractivity contribution >= 4 is 11.9 Å². The van der Waals surface area contributed by atoms with Crippen LogP contribution >= 0.6 is 0 Å². The van der Waals surface area contributed by atoms with Crippen LogP contribution in [-0.2, 0) is 16.0 Å². The van der Waals surface area contributed by atoms with Gasteiger partial charge in [-0.1, -0.05) is 44.2 Å². The number of carbonyl (C=O) groups is 1. The molecule has 178 valence electrons. The molecule has 2 N–H and O–H groups in total. The largest absolute Gasteiger partial charge is 0.379 e. The van der Waals surface area contributed by atoms with Crippen LogP contribution in [0.1, 0.15) is 32.3 Å². The van der Waals surface area contributed by atoms with Gasteiger partial charge in [0.2, 0.25) is 5.91 Å². The lowest BCUT2D eigenvalue weighted by Crippen LogP contribution is -2.53. The Bertz CT molecular complexity index is 710. The van der Waals surface area contributed by atoms with Crippen LogP contribution in [0.4, 0.5) is 0 Å². The summed E-state index contributed by atoms with van der Waals surface area (Å²) in [6, 6.07) is 11.1. The minimum atomic E-state index is 0.152. The molecule has 1 amide bonds. The van der Waals surface area contributed by atoms with Gasteiger partial charge in [0, 0.05) is 45.8 Å². The van der Waals surface area contributed by atoms with Crippen molar-refractivity contribution in [2.45, 2.75) is 39.2 Å². The van der Waals surface area contributed by atoms with Crippen LogP contribution in [0.5, 0.6) is 0 Å². The van der Waals surface area contributed by atoms with Gasteiger partial charge in [-0.3, -0.25) is 14.7 Å². The number of likely N-dealkylation sites (tertiary alicyclic amines) is 1. The Morgan fingerprint density at radius 2 is 1.78 bits per heavy atom. The fraction of sp³-hybridized carbons (Fsp3) is 0.680. The number of benzene rings is 1. The molecule has 1 unspecified atom stereocenters. The van der Waals surface area contributed by atoms with Gasteiger partial charge >= 0.3 is 0 Å². The molecule has 32 heavy (non-hydrogen) atoms. The summed E-state index contributed by atoms with van der Waals surface area (Å²) in [7, 11) is 1.76. The molecule has 1 atom stereocenters. The lowest BCUT2D eigenvalue weighted by atomic mass is 9.90. The number of aliphatic imine (C=N–C) groups is 1. The number of morpholine rings is 1. The lowest BCUT2D eigenvalue weighted by molar-refractivity contribution is -0.131. The minimum absolute atomic E-state index is 0.152. The van der Waals surface area contributed by atoms with Crippen LogP contribution in [0.3, 0.4) is 0 Å². The van der Waals surface area contributed by atoms with Crippen LogP contribution in [-0.4, -0.2) is 87.2 Å². The number of guanidine groups is 1. The van der Waals surface area contributed by atoms with E-state index in [1.54, 1.807) is 7.05 Å². The molecule has 1 aromatic carbocycles. The Balaban J connectivity index is 1.38. The molecular weight excluding hydrogens is 402 g/mol. The van der Waals surface area contributed by atoms with Crippen LogP contribution < -0.4 is 10.6 Å². The second-order valence-electron chi connectivity index (χ2n) is 9.28. The predicted molar refractivity (Wildman–Crippen MR) is 130 cm³/mol. The summed E-state index contributed by atoms with van der Waals surface area (Å²) in [6.45, 7) is 10.8. The number of hydrogen-bond acceptors (Lipinski definition) is 4. The van der Waals surface area contributed by atoms with E-state index in [9.17, 15) is 4.79 Å². The van der Waals surface area contributed by atoms with Crippen LogP contribution in [0, 0.1) is 11.8 Å². The average molecular weight is 444 g/mol. The Morgan fingerprint density at radius 1 is 1.09 bits per heavy atom. The van der Waals surface area contributed by atoms with Crippen LogP contribution in [0.2, 0.25) is 0 Å². The average Bonchev–Trinajstić information content (AvgIpc) is 2.82. The van der Waals surface area contributed by atoms with Gasteiger partial charge in [0.15, 0.2) is 5.96 Å². The minimum Gasteiger partial charge on any atom is -0.379 e. The summed E-state index contributed by atoms with van der Waals surface area (Å²) in [4.78, 5) is 21.5. The first-order valence-corrected chi connectivity index (χ1v) is 12.1. The molecule has 0 aromatic heterocycles. The van der Waals surface area contributed by atoms with E-state index in [4.69, 9.17) is 4.74 Å². The highest BCUT2D eigenvalue weighted by Gasteiger charge is 2.25. The van der Waals surface area contributed by atoms with Gasteiger partial charge in [-0.05, 0) is 36.7 Å². The number of rotatable bonds is 8. The van der Waals surface area contributed by atoms with E-state index >= 15 is 0 Å². The maximum Gasteiger partial charge on any atom is 0.241 e. The van der Waals surface area contributed by atoms with E-state index in [2.05, 4.69) is 64.7 Å². The zero-order valence-corrected chi connectivity index (χ0v) is 20.1. The maximum atomic E-state index is 12.7. The Kier molecular flexibility index (Phi) is 9.81. The predicted octanol–water partition coefficient (Wildman–Crippen LogP) is 1.99. The summed E-state index contributed by atoms with van der Waals surface area (Å²) in [5.74, 6) is 2.03. The van der Waals surface area contributed by atoms with Gasteiger partial charge < -0.3 is 20.3 Å². The highest BCUT2D eigenvalue weighted by Crippen LogP contribution is 2.21. The molecule has 3 rings (SSSR count). The third-order valence-corrected chi connectivity index (χ3v) is 6.73. The Hall–Kier alpha value is -2.12. The van der Waals surface area contributed by atoms with Gasteiger partial charge in [0.25, 0.3) is 0 Å².